The van der Waals surface area contributed by atoms with Crippen LogP contribution in [0.4, 0.5) is 17.3 Å². The highest BCUT2D eigenvalue weighted by Gasteiger charge is 2.45. The number of nitrogens with one attached hydrogen (secondary N) is 2. The summed E-state index contributed by atoms with van der Waals surface area (Å²) in [7, 11) is 0. The number of benzene rings is 2. The molecule has 0 spiro atoms. The van der Waals surface area contributed by atoms with Gasteiger partial charge in [-0.25, -0.2) is 19.3 Å². The normalized spacial score (nSPS) is 19.8. The Hall–Kier alpha value is -6.98. The number of anilines is 3. The SMILES string of the molecule is C=CCn1c(=O)c2cnc(Nc3ccc(N4CCN(CCCCCOc5ccc6c(c5)C(=O)N(C5CCC(=O)NC5=O)C6=O)CC4)cc3)nc2n1-c1ccc2c(n1)[C@@](O)(C(=C)C)CC2. The van der Waals surface area contributed by atoms with Crippen LogP contribution in [0.2, 0.25) is 0 Å². The molecule has 3 N–H and O–H groups in total. The molecular formula is C47H50N10O7. The van der Waals surface area contributed by atoms with Crippen LogP contribution in [-0.4, -0.2) is 108 Å². The molecule has 6 heterocycles. The maximum absolute atomic E-state index is 13.5. The summed E-state index contributed by atoms with van der Waals surface area (Å²) in [6.45, 7) is 15.0. The zero-order chi connectivity index (χ0) is 44.7. The van der Waals surface area contributed by atoms with Crippen LogP contribution in [0.5, 0.6) is 5.75 Å². The molecule has 3 aromatic heterocycles. The van der Waals surface area contributed by atoms with Crippen LogP contribution in [0.15, 0.2) is 90.4 Å². The van der Waals surface area contributed by atoms with Crippen LogP contribution >= 0.6 is 0 Å². The highest BCUT2D eigenvalue weighted by atomic mass is 16.5. The van der Waals surface area contributed by atoms with Gasteiger partial charge < -0.3 is 20.1 Å². The lowest BCUT2D eigenvalue weighted by Crippen LogP contribution is -2.54. The minimum atomic E-state index is -1.24. The van der Waals surface area contributed by atoms with E-state index in [9.17, 15) is 29.1 Å². The Morgan fingerprint density at radius 2 is 1.73 bits per heavy atom. The molecule has 1 unspecified atom stereocenters. The van der Waals surface area contributed by atoms with Crippen molar-refractivity contribution < 1.29 is 29.0 Å². The van der Waals surface area contributed by atoms with Gasteiger partial charge in [0.15, 0.2) is 11.5 Å². The fourth-order valence-corrected chi connectivity index (χ4v) is 9.07. The summed E-state index contributed by atoms with van der Waals surface area (Å²) in [6, 6.07) is 15.7. The number of ether oxygens (including phenoxy) is 1. The number of aliphatic hydroxyl groups is 1. The van der Waals surface area contributed by atoms with E-state index >= 15 is 0 Å². The first-order chi connectivity index (χ1) is 30.9. The Morgan fingerprint density at radius 3 is 2.48 bits per heavy atom. The van der Waals surface area contributed by atoms with Crippen molar-refractivity contribution in [2.24, 2.45) is 0 Å². The average molecular weight is 867 g/mol. The molecule has 0 bridgehead atoms. The van der Waals surface area contributed by atoms with Gasteiger partial charge in [0, 0.05) is 50.2 Å². The van der Waals surface area contributed by atoms with Crippen LogP contribution in [0.3, 0.4) is 0 Å². The lowest BCUT2D eigenvalue weighted by Gasteiger charge is -2.36. The standard InChI is InChI=1S/C47H50N10O7/c1-4-20-55-43(60)36-28-48-46(52-41(36)57(55)38-16-8-30-18-19-47(63,29(2)3)40(30)50-38)49-31-9-11-32(12-10-31)54-24-22-53(23-25-54)21-6-5-7-26-64-33-13-14-34-35(27-33)45(62)56(44(34)61)37-15-17-39(58)51-42(37)59/h4,8-14,16,27-28,37,63H,1-2,5-7,15,17-26H2,3H3,(H,48,49,52)(H,51,58,59)/t37?,47-/m0/s1. The van der Waals surface area contributed by atoms with Gasteiger partial charge in [-0.1, -0.05) is 18.7 Å². The average Bonchev–Trinajstić information content (AvgIpc) is 3.87. The quantitative estimate of drug-likeness (QED) is 0.0762. The number of aromatic nitrogens is 5. The van der Waals surface area contributed by atoms with Crippen LogP contribution in [0.1, 0.15) is 77.4 Å². The number of imide groups is 2. The largest absolute Gasteiger partial charge is 0.494 e. The second kappa shape index (κ2) is 17.3. The van der Waals surface area contributed by atoms with Gasteiger partial charge in [-0.2, -0.15) is 4.98 Å². The highest BCUT2D eigenvalue weighted by molar-refractivity contribution is 6.23. The summed E-state index contributed by atoms with van der Waals surface area (Å²) in [5, 5.41) is 17.3. The zero-order valence-electron chi connectivity index (χ0n) is 35.7. The molecule has 64 heavy (non-hydrogen) atoms. The molecule has 0 radical (unpaired) electrons. The lowest BCUT2D eigenvalue weighted by molar-refractivity contribution is -0.136. The number of pyridine rings is 1. The van der Waals surface area contributed by atoms with E-state index in [1.807, 2.05) is 24.3 Å². The number of allylic oxidation sites excluding steroid dienone is 1. The third kappa shape index (κ3) is 7.85. The first kappa shape index (κ1) is 42.3. The number of aryl methyl sites for hydroxylation is 1. The molecule has 9 rings (SSSR count). The van der Waals surface area contributed by atoms with E-state index in [1.54, 1.807) is 35.9 Å². The molecule has 330 valence electrons. The van der Waals surface area contributed by atoms with Gasteiger partial charge in [-0.15, -0.1) is 6.58 Å². The number of hydrogen-bond acceptors (Lipinski definition) is 13. The van der Waals surface area contributed by atoms with Gasteiger partial charge in [-0.3, -0.25) is 39.1 Å². The van der Waals surface area contributed by atoms with E-state index in [4.69, 9.17) is 14.7 Å². The summed E-state index contributed by atoms with van der Waals surface area (Å²) < 4.78 is 9.12. The minimum absolute atomic E-state index is 0.0719. The Bertz CT molecular complexity index is 2770. The molecule has 2 fully saturated rings. The minimum Gasteiger partial charge on any atom is -0.494 e. The number of piperazine rings is 1. The summed E-state index contributed by atoms with van der Waals surface area (Å²) in [5.74, 6) is -0.868. The van der Waals surface area contributed by atoms with Crippen LogP contribution < -0.4 is 25.8 Å². The number of carbonyl (C=O) groups excluding carboxylic acids is 4. The second-order valence-corrected chi connectivity index (χ2v) is 16.8. The predicted molar refractivity (Wildman–Crippen MR) is 239 cm³/mol. The maximum atomic E-state index is 13.5. The number of hydrogen-bond donors (Lipinski definition) is 3. The topological polar surface area (TPSA) is 197 Å². The summed E-state index contributed by atoms with van der Waals surface area (Å²) in [5.41, 5.74) is 3.33. The second-order valence-electron chi connectivity index (χ2n) is 16.8. The Morgan fingerprint density at radius 1 is 0.953 bits per heavy atom. The molecule has 3 aliphatic heterocycles. The van der Waals surface area contributed by atoms with Gasteiger partial charge in [0.05, 0.1) is 30.0 Å². The van der Waals surface area contributed by atoms with Crippen molar-refractivity contribution >= 4 is 52.0 Å². The number of fused-ring (bicyclic) bond motifs is 3. The molecule has 1 aliphatic carbocycles. The number of carbonyl (C=O) groups is 4. The van der Waals surface area contributed by atoms with Gasteiger partial charge in [-0.05, 0) is 112 Å². The monoisotopic (exact) mass is 866 g/mol. The van der Waals surface area contributed by atoms with E-state index in [-0.39, 0.29) is 36.1 Å². The maximum Gasteiger partial charge on any atom is 0.278 e. The van der Waals surface area contributed by atoms with E-state index in [1.165, 1.54) is 10.9 Å². The van der Waals surface area contributed by atoms with Crippen molar-refractivity contribution in [3.63, 3.8) is 0 Å². The van der Waals surface area contributed by atoms with Crippen molar-refractivity contribution in [2.75, 3.05) is 49.5 Å². The number of amides is 4. The number of nitrogens with zero attached hydrogens (tertiary/aromatic N) is 8. The summed E-state index contributed by atoms with van der Waals surface area (Å²) in [4.78, 5) is 83.5. The number of piperidine rings is 1. The van der Waals surface area contributed by atoms with Crippen LogP contribution in [-0.2, 0) is 28.2 Å². The molecule has 17 heteroatoms. The van der Waals surface area contributed by atoms with E-state index < -0.39 is 35.3 Å². The molecule has 2 atom stereocenters. The van der Waals surface area contributed by atoms with Crippen LogP contribution in [0, 0.1) is 0 Å². The Labute approximate surface area is 369 Å². The predicted octanol–water partition coefficient (Wildman–Crippen LogP) is 4.39. The van der Waals surface area contributed by atoms with Crippen molar-refractivity contribution in [2.45, 2.75) is 70.1 Å². The third-order valence-corrected chi connectivity index (χ3v) is 12.7. The van der Waals surface area contributed by atoms with Gasteiger partial charge >= 0.3 is 0 Å². The third-order valence-electron chi connectivity index (χ3n) is 12.7. The first-order valence-corrected chi connectivity index (χ1v) is 21.7. The van der Waals surface area contributed by atoms with Crippen molar-refractivity contribution in [1.29, 1.82) is 0 Å². The molecular weight excluding hydrogens is 817 g/mol. The molecule has 5 aromatic rings. The van der Waals surface area contributed by atoms with Gasteiger partial charge in [0.25, 0.3) is 17.4 Å². The molecule has 17 nitrogen and oxygen atoms in total. The lowest BCUT2D eigenvalue weighted by atomic mass is 9.93. The first-order valence-electron chi connectivity index (χ1n) is 21.7. The van der Waals surface area contributed by atoms with Crippen molar-refractivity contribution in [3.8, 4) is 11.6 Å². The van der Waals surface area contributed by atoms with E-state index in [2.05, 4.69) is 50.7 Å². The zero-order valence-corrected chi connectivity index (χ0v) is 35.7. The summed E-state index contributed by atoms with van der Waals surface area (Å²) in [6.07, 6.45) is 7.36. The van der Waals surface area contributed by atoms with Gasteiger partial charge in [0.2, 0.25) is 17.8 Å². The fraction of sp³-hybridized carbons (Fsp3) is 0.362. The fourth-order valence-electron chi connectivity index (χ4n) is 9.07. The highest BCUT2D eigenvalue weighted by Crippen LogP contribution is 2.41. The van der Waals surface area contributed by atoms with Crippen molar-refractivity contribution in [1.82, 2.24) is 39.4 Å². The Kier molecular flexibility index (Phi) is 11.4. The summed E-state index contributed by atoms with van der Waals surface area (Å²) >= 11 is 0. The molecule has 0 saturated carbocycles. The van der Waals surface area contributed by atoms with Crippen molar-refractivity contribution in [3.05, 3.63) is 118 Å². The number of rotatable bonds is 15. The smallest absolute Gasteiger partial charge is 0.278 e. The molecule has 2 aromatic carbocycles. The molecule has 4 amide bonds. The van der Waals surface area contributed by atoms with E-state index in [0.29, 0.717) is 59.3 Å². The molecule has 4 aliphatic rings. The van der Waals surface area contributed by atoms with Gasteiger partial charge in [0.1, 0.15) is 22.8 Å². The van der Waals surface area contributed by atoms with Crippen LogP contribution in [0.25, 0.3) is 16.9 Å². The van der Waals surface area contributed by atoms with E-state index in [0.717, 1.165) is 73.8 Å². The number of unbranched alkanes of at least 4 members (excludes halogenated alkanes) is 2. The Balaban J connectivity index is 0.750. The molecule has 2 saturated heterocycles.